The molecule has 0 spiro atoms. The Labute approximate surface area is 116 Å². The lowest BCUT2D eigenvalue weighted by Gasteiger charge is -2.27. The summed E-state index contributed by atoms with van der Waals surface area (Å²) in [5.41, 5.74) is 1.39. The monoisotopic (exact) mass is 259 g/mol. The third-order valence-corrected chi connectivity index (χ3v) is 4.50. The highest BCUT2D eigenvalue weighted by molar-refractivity contribution is 5.38. The lowest BCUT2D eigenvalue weighted by molar-refractivity contribution is 0.257. The molecule has 0 aromatic carbocycles. The number of anilines is 1. The van der Waals surface area contributed by atoms with Crippen LogP contribution in [0.4, 0.5) is 5.82 Å². The molecule has 1 atom stereocenters. The molecule has 1 aliphatic heterocycles. The van der Waals surface area contributed by atoms with E-state index in [4.69, 9.17) is 0 Å². The maximum atomic E-state index is 4.60. The molecule has 2 fully saturated rings. The van der Waals surface area contributed by atoms with Crippen molar-refractivity contribution in [3.8, 4) is 0 Å². The van der Waals surface area contributed by atoms with Gasteiger partial charge in [0.25, 0.3) is 0 Å². The summed E-state index contributed by atoms with van der Waals surface area (Å²) in [5, 5.41) is 3.51. The van der Waals surface area contributed by atoms with Gasteiger partial charge >= 0.3 is 0 Å². The third kappa shape index (κ3) is 2.92. The van der Waals surface area contributed by atoms with E-state index >= 15 is 0 Å². The summed E-state index contributed by atoms with van der Waals surface area (Å²) in [4.78, 5) is 7.21. The molecule has 2 heterocycles. The van der Waals surface area contributed by atoms with Crippen molar-refractivity contribution in [1.29, 1.82) is 0 Å². The van der Waals surface area contributed by atoms with Crippen LogP contribution in [0, 0.1) is 0 Å². The minimum atomic E-state index is 0.602. The highest BCUT2D eigenvalue weighted by Crippen LogP contribution is 2.32. The highest BCUT2D eigenvalue weighted by Gasteiger charge is 2.25. The molecule has 3 nitrogen and oxygen atoms in total. The Morgan fingerprint density at radius 3 is 2.79 bits per heavy atom. The Bertz CT molecular complexity index is 397. The van der Waals surface area contributed by atoms with Gasteiger partial charge in [0.05, 0.1) is 0 Å². The van der Waals surface area contributed by atoms with Crippen molar-refractivity contribution in [2.45, 2.75) is 57.5 Å². The number of rotatable bonds is 5. The fourth-order valence-electron chi connectivity index (χ4n) is 3.21. The molecule has 0 bridgehead atoms. The van der Waals surface area contributed by atoms with E-state index in [1.165, 1.54) is 57.2 Å². The summed E-state index contributed by atoms with van der Waals surface area (Å²) in [6.07, 6.45) is 9.91. The minimum absolute atomic E-state index is 0.602. The van der Waals surface area contributed by atoms with Gasteiger partial charge in [-0.2, -0.15) is 0 Å². The van der Waals surface area contributed by atoms with E-state index in [0.717, 1.165) is 5.82 Å². The molecule has 1 saturated carbocycles. The van der Waals surface area contributed by atoms with Crippen molar-refractivity contribution < 1.29 is 0 Å². The first-order valence-electron chi connectivity index (χ1n) is 7.83. The highest BCUT2D eigenvalue weighted by atomic mass is 15.2. The predicted molar refractivity (Wildman–Crippen MR) is 79.3 cm³/mol. The molecule has 104 valence electrons. The van der Waals surface area contributed by atoms with Crippen molar-refractivity contribution in [2.75, 3.05) is 18.4 Å². The SMILES string of the molecule is CCCN1CCC[C@@H]1c1ccc(NC2CCC2)nc1. The average Bonchev–Trinajstić information content (AvgIpc) is 2.83. The molecule has 1 N–H and O–H groups in total. The first-order chi connectivity index (χ1) is 9.36. The Hall–Kier alpha value is -1.09. The number of likely N-dealkylation sites (tertiary alicyclic amines) is 1. The van der Waals surface area contributed by atoms with Crippen LogP contribution in [0.25, 0.3) is 0 Å². The molecule has 0 unspecified atom stereocenters. The normalized spacial score (nSPS) is 24.4. The van der Waals surface area contributed by atoms with Gasteiger partial charge in [-0.3, -0.25) is 4.90 Å². The number of nitrogens with zero attached hydrogens (tertiary/aromatic N) is 2. The fraction of sp³-hybridized carbons (Fsp3) is 0.688. The largest absolute Gasteiger partial charge is 0.367 e. The van der Waals surface area contributed by atoms with Crippen LogP contribution in [-0.2, 0) is 0 Å². The second-order valence-corrected chi connectivity index (χ2v) is 5.94. The Balaban J connectivity index is 1.64. The number of hydrogen-bond acceptors (Lipinski definition) is 3. The molecule has 1 aromatic heterocycles. The number of hydrogen-bond donors (Lipinski definition) is 1. The smallest absolute Gasteiger partial charge is 0.126 e. The van der Waals surface area contributed by atoms with Gasteiger partial charge in [-0.25, -0.2) is 4.98 Å². The molecule has 0 amide bonds. The number of aromatic nitrogens is 1. The zero-order valence-corrected chi connectivity index (χ0v) is 11.9. The Morgan fingerprint density at radius 2 is 2.16 bits per heavy atom. The fourth-order valence-corrected chi connectivity index (χ4v) is 3.21. The van der Waals surface area contributed by atoms with Crippen molar-refractivity contribution >= 4 is 5.82 Å². The molecule has 1 aliphatic carbocycles. The standard InChI is InChI=1S/C16H25N3/c1-2-10-19-11-4-7-15(19)13-8-9-16(17-12-13)18-14-5-3-6-14/h8-9,12,14-15H,2-7,10-11H2,1H3,(H,17,18)/t15-/m1/s1. The van der Waals surface area contributed by atoms with Gasteiger partial charge in [-0.05, 0) is 63.2 Å². The molecule has 1 aromatic rings. The van der Waals surface area contributed by atoms with Crippen molar-refractivity contribution in [3.63, 3.8) is 0 Å². The second kappa shape index (κ2) is 5.91. The van der Waals surface area contributed by atoms with E-state index < -0.39 is 0 Å². The summed E-state index contributed by atoms with van der Waals surface area (Å²) in [5.74, 6) is 1.05. The van der Waals surface area contributed by atoms with E-state index in [2.05, 4.69) is 40.5 Å². The van der Waals surface area contributed by atoms with E-state index in [9.17, 15) is 0 Å². The zero-order valence-electron chi connectivity index (χ0n) is 11.9. The summed E-state index contributed by atoms with van der Waals surface area (Å²) in [6.45, 7) is 4.73. The van der Waals surface area contributed by atoms with Crippen LogP contribution in [0.5, 0.6) is 0 Å². The maximum Gasteiger partial charge on any atom is 0.126 e. The van der Waals surface area contributed by atoms with Crippen molar-refractivity contribution in [2.24, 2.45) is 0 Å². The van der Waals surface area contributed by atoms with Crippen LogP contribution in [0.3, 0.4) is 0 Å². The molecule has 19 heavy (non-hydrogen) atoms. The van der Waals surface area contributed by atoms with E-state index in [0.29, 0.717) is 12.1 Å². The second-order valence-electron chi connectivity index (χ2n) is 5.94. The molecular weight excluding hydrogens is 234 g/mol. The van der Waals surface area contributed by atoms with Crippen LogP contribution in [0.1, 0.15) is 57.1 Å². The van der Waals surface area contributed by atoms with Gasteiger partial charge in [-0.1, -0.05) is 13.0 Å². The van der Waals surface area contributed by atoms with E-state index in [-0.39, 0.29) is 0 Å². The van der Waals surface area contributed by atoms with Crippen LogP contribution in [-0.4, -0.2) is 29.0 Å². The van der Waals surface area contributed by atoms with Crippen LogP contribution >= 0.6 is 0 Å². The first kappa shape index (κ1) is 12.9. The Kier molecular flexibility index (Phi) is 4.02. The molecule has 1 saturated heterocycles. The lowest BCUT2D eigenvalue weighted by atomic mass is 9.93. The van der Waals surface area contributed by atoms with E-state index in [1.54, 1.807) is 0 Å². The van der Waals surface area contributed by atoms with Gasteiger partial charge in [0.15, 0.2) is 0 Å². The van der Waals surface area contributed by atoms with Gasteiger partial charge in [-0.15, -0.1) is 0 Å². The van der Waals surface area contributed by atoms with Gasteiger partial charge < -0.3 is 5.32 Å². The summed E-state index contributed by atoms with van der Waals surface area (Å²) < 4.78 is 0. The van der Waals surface area contributed by atoms with Crippen LogP contribution in [0.2, 0.25) is 0 Å². The number of nitrogens with one attached hydrogen (secondary N) is 1. The quantitative estimate of drug-likeness (QED) is 0.876. The van der Waals surface area contributed by atoms with Crippen molar-refractivity contribution in [3.05, 3.63) is 23.9 Å². The Morgan fingerprint density at radius 1 is 1.26 bits per heavy atom. The van der Waals surface area contributed by atoms with Crippen LogP contribution in [0.15, 0.2) is 18.3 Å². The average molecular weight is 259 g/mol. The topological polar surface area (TPSA) is 28.2 Å². The molecule has 0 radical (unpaired) electrons. The third-order valence-electron chi connectivity index (χ3n) is 4.50. The minimum Gasteiger partial charge on any atom is -0.367 e. The predicted octanol–water partition coefficient (Wildman–Crippen LogP) is 3.59. The maximum absolute atomic E-state index is 4.60. The van der Waals surface area contributed by atoms with Crippen LogP contribution < -0.4 is 5.32 Å². The first-order valence-corrected chi connectivity index (χ1v) is 7.83. The van der Waals surface area contributed by atoms with Gasteiger partial charge in [0, 0.05) is 18.3 Å². The molecule has 3 rings (SSSR count). The lowest BCUT2D eigenvalue weighted by Crippen LogP contribution is -2.27. The number of pyridine rings is 1. The van der Waals surface area contributed by atoms with Gasteiger partial charge in [0.2, 0.25) is 0 Å². The molecule has 3 heteroatoms. The summed E-state index contributed by atoms with van der Waals surface area (Å²) >= 11 is 0. The van der Waals surface area contributed by atoms with Crippen molar-refractivity contribution in [1.82, 2.24) is 9.88 Å². The van der Waals surface area contributed by atoms with E-state index in [1.807, 2.05) is 0 Å². The molecular formula is C16H25N3. The summed E-state index contributed by atoms with van der Waals surface area (Å²) in [7, 11) is 0. The zero-order chi connectivity index (χ0) is 13.1. The molecule has 2 aliphatic rings. The summed E-state index contributed by atoms with van der Waals surface area (Å²) in [6, 6.07) is 5.70. The van der Waals surface area contributed by atoms with Gasteiger partial charge in [0.1, 0.15) is 5.82 Å².